The first-order valence-electron chi connectivity index (χ1n) is 8.63. The fourth-order valence-corrected chi connectivity index (χ4v) is 3.18. The zero-order chi connectivity index (χ0) is 21.0. The second-order valence-corrected chi connectivity index (χ2v) is 6.99. The van der Waals surface area contributed by atoms with E-state index in [4.69, 9.17) is 9.47 Å². The Labute approximate surface area is 175 Å². The first-order valence-corrected chi connectivity index (χ1v) is 9.42. The molecule has 150 valence electrons. The van der Waals surface area contributed by atoms with Gasteiger partial charge in [-0.2, -0.15) is 0 Å². The van der Waals surface area contributed by atoms with Crippen molar-refractivity contribution in [2.75, 3.05) is 13.7 Å². The number of nitrogens with zero attached hydrogens (tertiary/aromatic N) is 1. The molecule has 3 rings (SSSR count). The molecule has 8 heteroatoms. The number of benzene rings is 2. The number of urea groups is 1. The number of halogens is 2. The van der Waals surface area contributed by atoms with Crippen molar-refractivity contribution in [2.24, 2.45) is 0 Å². The Bertz CT molecular complexity index is 1010. The quantitative estimate of drug-likeness (QED) is 0.380. The van der Waals surface area contributed by atoms with Crippen molar-refractivity contribution < 1.29 is 23.5 Å². The smallest absolute Gasteiger partial charge is 0.329 e. The van der Waals surface area contributed by atoms with Crippen molar-refractivity contribution >= 4 is 33.9 Å². The average molecular weight is 461 g/mol. The van der Waals surface area contributed by atoms with Gasteiger partial charge in [0, 0.05) is 11.0 Å². The number of ether oxygens (including phenoxy) is 2. The molecule has 1 aliphatic rings. The third-order valence-corrected chi connectivity index (χ3v) is 4.83. The van der Waals surface area contributed by atoms with Crippen LogP contribution < -0.4 is 14.8 Å². The Morgan fingerprint density at radius 2 is 2.03 bits per heavy atom. The third-order valence-electron chi connectivity index (χ3n) is 4.14. The lowest BCUT2D eigenvalue weighted by molar-refractivity contribution is -0.122. The minimum Gasteiger partial charge on any atom is -0.493 e. The fraction of sp³-hybridized carbons (Fsp3) is 0.143. The van der Waals surface area contributed by atoms with E-state index in [-0.39, 0.29) is 24.7 Å². The van der Waals surface area contributed by atoms with Crippen molar-refractivity contribution in [3.05, 3.63) is 76.2 Å². The summed E-state index contributed by atoms with van der Waals surface area (Å²) in [4.78, 5) is 25.3. The zero-order valence-electron chi connectivity index (χ0n) is 15.6. The summed E-state index contributed by atoms with van der Waals surface area (Å²) in [5, 5.41) is 2.54. The highest BCUT2D eigenvalue weighted by Crippen LogP contribution is 2.35. The van der Waals surface area contributed by atoms with E-state index in [9.17, 15) is 14.0 Å². The standard InChI is InChI=1S/C21H18BrFN2O4/c1-3-7-25-20(26)17(24-21(25)27)9-14-10-18(28-2)19(11-16(14)22)29-12-13-5-4-6-15(23)8-13/h3-6,8-11H,1,7,12H2,2H3,(H,24,27)/b17-9+. The molecule has 2 aromatic carbocycles. The van der Waals surface area contributed by atoms with Gasteiger partial charge < -0.3 is 14.8 Å². The predicted octanol–water partition coefficient (Wildman–Crippen LogP) is 4.25. The number of nitrogens with one attached hydrogen (secondary N) is 1. The average Bonchev–Trinajstić information content (AvgIpc) is 2.96. The molecule has 2 aromatic rings. The van der Waals surface area contributed by atoms with Crippen LogP contribution in [0.1, 0.15) is 11.1 Å². The second-order valence-electron chi connectivity index (χ2n) is 6.14. The van der Waals surface area contributed by atoms with E-state index in [1.165, 1.54) is 25.3 Å². The summed E-state index contributed by atoms with van der Waals surface area (Å²) in [6.45, 7) is 3.82. The SMILES string of the molecule is C=CCN1C(=O)N/C(=C/c2cc(OC)c(OCc3cccc(F)c3)cc2Br)C1=O. The number of imide groups is 1. The molecule has 29 heavy (non-hydrogen) atoms. The molecule has 6 nitrogen and oxygen atoms in total. The summed E-state index contributed by atoms with van der Waals surface area (Å²) in [6.07, 6.45) is 3.02. The van der Waals surface area contributed by atoms with Crippen LogP contribution in [-0.2, 0) is 11.4 Å². The number of carbonyl (C=O) groups excluding carboxylic acids is 2. The molecule has 1 N–H and O–H groups in total. The monoisotopic (exact) mass is 460 g/mol. The van der Waals surface area contributed by atoms with Gasteiger partial charge in [0.1, 0.15) is 18.1 Å². The van der Waals surface area contributed by atoms with Crippen molar-refractivity contribution in [3.8, 4) is 11.5 Å². The van der Waals surface area contributed by atoms with Gasteiger partial charge in [-0.15, -0.1) is 6.58 Å². The second kappa shape index (κ2) is 8.91. The molecule has 1 heterocycles. The molecule has 1 aliphatic heterocycles. The maximum atomic E-state index is 13.3. The molecule has 0 aliphatic carbocycles. The van der Waals surface area contributed by atoms with Crippen molar-refractivity contribution in [3.63, 3.8) is 0 Å². The summed E-state index contributed by atoms with van der Waals surface area (Å²) in [5.41, 5.74) is 1.44. The van der Waals surface area contributed by atoms with Crippen LogP contribution >= 0.6 is 15.9 Å². The van der Waals surface area contributed by atoms with Crippen LogP contribution in [0.4, 0.5) is 9.18 Å². The van der Waals surface area contributed by atoms with Gasteiger partial charge in [-0.3, -0.25) is 9.69 Å². The van der Waals surface area contributed by atoms with E-state index >= 15 is 0 Å². The Kier molecular flexibility index (Phi) is 6.33. The minimum absolute atomic E-state index is 0.124. The Hall–Kier alpha value is -3.13. The molecule has 0 radical (unpaired) electrons. The number of amides is 3. The summed E-state index contributed by atoms with van der Waals surface area (Å²) < 4.78 is 25.1. The molecule has 0 unspecified atom stereocenters. The normalized spacial score (nSPS) is 14.9. The number of methoxy groups -OCH3 is 1. The molecule has 0 spiro atoms. The minimum atomic E-state index is -0.501. The van der Waals surface area contributed by atoms with Gasteiger partial charge in [-0.1, -0.05) is 34.1 Å². The third kappa shape index (κ3) is 4.65. The Morgan fingerprint density at radius 1 is 1.24 bits per heavy atom. The Morgan fingerprint density at radius 3 is 2.72 bits per heavy atom. The van der Waals surface area contributed by atoms with Crippen LogP contribution in [0.2, 0.25) is 0 Å². The van der Waals surface area contributed by atoms with Gasteiger partial charge in [0.05, 0.1) is 7.11 Å². The zero-order valence-corrected chi connectivity index (χ0v) is 17.2. The lowest BCUT2D eigenvalue weighted by atomic mass is 10.1. The van der Waals surface area contributed by atoms with Crippen molar-refractivity contribution in [2.45, 2.75) is 6.61 Å². The molecule has 0 saturated carbocycles. The summed E-state index contributed by atoms with van der Waals surface area (Å²) >= 11 is 3.44. The molecule has 0 atom stereocenters. The van der Waals surface area contributed by atoms with Gasteiger partial charge >= 0.3 is 6.03 Å². The van der Waals surface area contributed by atoms with Crippen molar-refractivity contribution in [1.29, 1.82) is 0 Å². The number of hydrogen-bond acceptors (Lipinski definition) is 4. The van der Waals surface area contributed by atoms with Crippen LogP contribution in [0.15, 0.2) is 59.2 Å². The highest BCUT2D eigenvalue weighted by Gasteiger charge is 2.32. The summed E-state index contributed by atoms with van der Waals surface area (Å²) in [7, 11) is 1.49. The van der Waals surface area contributed by atoms with Gasteiger partial charge in [-0.05, 0) is 41.5 Å². The lowest BCUT2D eigenvalue weighted by Gasteiger charge is -2.13. The largest absolute Gasteiger partial charge is 0.493 e. The first kappa shape index (κ1) is 20.6. The first-order chi connectivity index (χ1) is 13.9. The Balaban J connectivity index is 1.84. The van der Waals surface area contributed by atoms with Gasteiger partial charge in [0.15, 0.2) is 11.5 Å². The van der Waals surface area contributed by atoms with Gasteiger partial charge in [0.25, 0.3) is 5.91 Å². The van der Waals surface area contributed by atoms with E-state index in [2.05, 4.69) is 27.8 Å². The summed E-state index contributed by atoms with van der Waals surface area (Å²) in [6, 6.07) is 8.98. The molecule has 1 saturated heterocycles. The van der Waals surface area contributed by atoms with E-state index in [1.54, 1.807) is 30.3 Å². The van der Waals surface area contributed by atoms with Crippen LogP contribution in [-0.4, -0.2) is 30.5 Å². The number of hydrogen-bond donors (Lipinski definition) is 1. The van der Waals surface area contributed by atoms with E-state index in [1.807, 2.05) is 0 Å². The summed E-state index contributed by atoms with van der Waals surface area (Å²) in [5.74, 6) is 0.0965. The highest BCUT2D eigenvalue weighted by atomic mass is 79.9. The van der Waals surface area contributed by atoms with E-state index < -0.39 is 11.9 Å². The molecule has 0 bridgehead atoms. The van der Waals surface area contributed by atoms with Crippen LogP contribution in [0.5, 0.6) is 11.5 Å². The molecular weight excluding hydrogens is 443 g/mol. The highest BCUT2D eigenvalue weighted by molar-refractivity contribution is 9.10. The molecule has 3 amide bonds. The number of rotatable bonds is 7. The van der Waals surface area contributed by atoms with Gasteiger partial charge in [0.2, 0.25) is 0 Å². The molecular formula is C21H18BrFN2O4. The topological polar surface area (TPSA) is 67.9 Å². The van der Waals surface area contributed by atoms with Crippen LogP contribution in [0, 0.1) is 5.82 Å². The van der Waals surface area contributed by atoms with E-state index in [0.717, 1.165) is 4.90 Å². The van der Waals surface area contributed by atoms with E-state index in [0.29, 0.717) is 27.1 Å². The van der Waals surface area contributed by atoms with Crippen molar-refractivity contribution in [1.82, 2.24) is 10.2 Å². The maximum Gasteiger partial charge on any atom is 0.329 e. The lowest BCUT2D eigenvalue weighted by Crippen LogP contribution is -2.30. The van der Waals surface area contributed by atoms with Gasteiger partial charge in [-0.25, -0.2) is 9.18 Å². The van der Waals surface area contributed by atoms with Crippen LogP contribution in [0.3, 0.4) is 0 Å². The molecule has 1 fully saturated rings. The number of carbonyl (C=O) groups is 2. The predicted molar refractivity (Wildman–Crippen MR) is 110 cm³/mol. The maximum absolute atomic E-state index is 13.3. The fourth-order valence-electron chi connectivity index (χ4n) is 2.74. The van der Waals surface area contributed by atoms with Crippen LogP contribution in [0.25, 0.3) is 6.08 Å². The molecule has 0 aromatic heterocycles.